The lowest BCUT2D eigenvalue weighted by Crippen LogP contribution is -2.36. The van der Waals surface area contributed by atoms with Crippen LogP contribution in [0.15, 0.2) is 24.3 Å². The monoisotopic (exact) mass is 315 g/mol. The fourth-order valence-corrected chi connectivity index (χ4v) is 1.99. The van der Waals surface area contributed by atoms with E-state index >= 15 is 0 Å². The number of rotatable bonds is 7. The Balaban J connectivity index is 0.00000400. The van der Waals surface area contributed by atoms with Gasteiger partial charge < -0.3 is 10.6 Å². The molecule has 0 aliphatic rings. The van der Waals surface area contributed by atoms with Crippen LogP contribution in [0, 0.1) is 16.0 Å². The molecule has 0 aromatic heterocycles. The molecular weight excluding hydrogens is 294 g/mol. The first-order chi connectivity index (χ1) is 9.49. The first-order valence-corrected chi connectivity index (χ1v) is 6.68. The normalized spacial score (nSPS) is 12.9. The molecule has 0 saturated heterocycles. The largest absolute Gasteiger partial charge is 0.349 e. The molecule has 0 saturated carbocycles. The minimum absolute atomic E-state index is 0. The highest BCUT2D eigenvalue weighted by Crippen LogP contribution is 2.21. The summed E-state index contributed by atoms with van der Waals surface area (Å²) in [5, 5.41) is 16.7. The minimum Gasteiger partial charge on any atom is -0.349 e. The summed E-state index contributed by atoms with van der Waals surface area (Å²) in [7, 11) is 1.79. The average molecular weight is 316 g/mol. The van der Waals surface area contributed by atoms with Gasteiger partial charge in [0.2, 0.25) is 5.91 Å². The molecular formula is C14H22ClN3O3. The van der Waals surface area contributed by atoms with Gasteiger partial charge in [0.15, 0.2) is 0 Å². The number of benzene rings is 1. The van der Waals surface area contributed by atoms with Crippen LogP contribution in [0.1, 0.15) is 31.9 Å². The maximum absolute atomic E-state index is 12.0. The van der Waals surface area contributed by atoms with E-state index < -0.39 is 4.92 Å². The van der Waals surface area contributed by atoms with Crippen molar-refractivity contribution in [3.05, 3.63) is 39.9 Å². The lowest BCUT2D eigenvalue weighted by atomic mass is 10.0. The number of hydrogen-bond donors (Lipinski definition) is 2. The molecule has 2 N–H and O–H groups in total. The van der Waals surface area contributed by atoms with Crippen molar-refractivity contribution in [1.82, 2.24) is 10.6 Å². The quantitative estimate of drug-likeness (QED) is 0.598. The molecule has 2 unspecified atom stereocenters. The van der Waals surface area contributed by atoms with Crippen molar-refractivity contribution in [2.75, 3.05) is 13.6 Å². The van der Waals surface area contributed by atoms with Crippen LogP contribution in [0.2, 0.25) is 0 Å². The van der Waals surface area contributed by atoms with E-state index in [1.165, 1.54) is 12.1 Å². The van der Waals surface area contributed by atoms with Crippen molar-refractivity contribution in [2.45, 2.75) is 26.3 Å². The van der Waals surface area contributed by atoms with Crippen LogP contribution >= 0.6 is 12.4 Å². The summed E-state index contributed by atoms with van der Waals surface area (Å²) in [6.45, 7) is 4.37. The van der Waals surface area contributed by atoms with Crippen LogP contribution < -0.4 is 10.6 Å². The fraction of sp³-hybridized carbons (Fsp3) is 0.500. The lowest BCUT2D eigenvalue weighted by Gasteiger charge is -2.20. The zero-order valence-electron chi connectivity index (χ0n) is 12.5. The highest BCUT2D eigenvalue weighted by Gasteiger charge is 2.18. The number of nitro benzene ring substituents is 1. The summed E-state index contributed by atoms with van der Waals surface area (Å²) in [5.41, 5.74) is 0.796. The molecule has 0 aliphatic heterocycles. The smallest absolute Gasteiger partial charge is 0.269 e. The SMILES string of the molecule is CCC(NC(=O)C(C)CNC)c1cccc([N+](=O)[O-])c1.Cl. The molecule has 1 aromatic carbocycles. The van der Waals surface area contributed by atoms with Crippen LogP contribution in [0.25, 0.3) is 0 Å². The van der Waals surface area contributed by atoms with Crippen LogP contribution in [0.4, 0.5) is 5.69 Å². The molecule has 0 fully saturated rings. The molecule has 0 bridgehead atoms. The predicted octanol–water partition coefficient (Wildman–Crippen LogP) is 2.44. The second-order valence-corrected chi connectivity index (χ2v) is 4.78. The van der Waals surface area contributed by atoms with Gasteiger partial charge in [-0.25, -0.2) is 0 Å². The molecule has 1 amide bonds. The number of nitrogens with zero attached hydrogens (tertiary/aromatic N) is 1. The summed E-state index contributed by atoms with van der Waals surface area (Å²) in [6, 6.07) is 6.18. The van der Waals surface area contributed by atoms with Gasteiger partial charge in [0.1, 0.15) is 0 Å². The number of carbonyl (C=O) groups excluding carboxylic acids is 1. The van der Waals surface area contributed by atoms with Crippen molar-refractivity contribution in [2.24, 2.45) is 5.92 Å². The number of nitrogens with one attached hydrogen (secondary N) is 2. The molecule has 6 nitrogen and oxygen atoms in total. The third-order valence-corrected chi connectivity index (χ3v) is 3.17. The number of amides is 1. The number of halogens is 1. The number of carbonyl (C=O) groups is 1. The van der Waals surface area contributed by atoms with Crippen LogP contribution in [0.5, 0.6) is 0 Å². The maximum atomic E-state index is 12.0. The first-order valence-electron chi connectivity index (χ1n) is 6.68. The summed E-state index contributed by atoms with van der Waals surface area (Å²) in [5.74, 6) is -0.203. The Hall–Kier alpha value is -1.66. The molecule has 118 valence electrons. The highest BCUT2D eigenvalue weighted by molar-refractivity contribution is 5.85. The van der Waals surface area contributed by atoms with E-state index in [1.807, 2.05) is 13.8 Å². The molecule has 0 radical (unpaired) electrons. The predicted molar refractivity (Wildman–Crippen MR) is 84.6 cm³/mol. The second kappa shape index (κ2) is 9.31. The van der Waals surface area contributed by atoms with Crippen LogP contribution in [-0.2, 0) is 4.79 Å². The van der Waals surface area contributed by atoms with Crippen molar-refractivity contribution in [3.63, 3.8) is 0 Å². The summed E-state index contributed by atoms with van der Waals surface area (Å²) in [4.78, 5) is 22.4. The maximum Gasteiger partial charge on any atom is 0.269 e. The van der Waals surface area contributed by atoms with E-state index in [4.69, 9.17) is 0 Å². The van der Waals surface area contributed by atoms with Crippen molar-refractivity contribution in [3.8, 4) is 0 Å². The Bertz CT molecular complexity index is 482. The Labute approximate surface area is 130 Å². The van der Waals surface area contributed by atoms with Gasteiger partial charge in [-0.1, -0.05) is 26.0 Å². The Morgan fingerprint density at radius 3 is 2.62 bits per heavy atom. The van der Waals surface area contributed by atoms with Crippen molar-refractivity contribution >= 4 is 24.0 Å². The molecule has 1 aromatic rings. The van der Waals surface area contributed by atoms with E-state index in [9.17, 15) is 14.9 Å². The Morgan fingerprint density at radius 1 is 1.43 bits per heavy atom. The molecule has 0 heterocycles. The molecule has 2 atom stereocenters. The zero-order chi connectivity index (χ0) is 15.1. The molecule has 0 spiro atoms. The van der Waals surface area contributed by atoms with Gasteiger partial charge in [-0.05, 0) is 19.0 Å². The zero-order valence-corrected chi connectivity index (χ0v) is 13.3. The standard InChI is InChI=1S/C14H21N3O3.ClH/c1-4-13(16-14(18)10(2)9-15-3)11-6-5-7-12(8-11)17(19)20;/h5-8,10,13,15H,4,9H2,1-3H3,(H,16,18);1H. The second-order valence-electron chi connectivity index (χ2n) is 4.78. The van der Waals surface area contributed by atoms with Gasteiger partial charge in [-0.2, -0.15) is 0 Å². The van der Waals surface area contributed by atoms with Crippen molar-refractivity contribution in [1.29, 1.82) is 0 Å². The van der Waals surface area contributed by atoms with Gasteiger partial charge in [-0.3, -0.25) is 14.9 Å². The molecule has 7 heteroatoms. The first kappa shape index (κ1) is 19.3. The van der Waals surface area contributed by atoms with E-state index in [0.717, 1.165) is 5.56 Å². The summed E-state index contributed by atoms with van der Waals surface area (Å²) in [6.07, 6.45) is 0.680. The van der Waals surface area contributed by atoms with Crippen LogP contribution in [-0.4, -0.2) is 24.4 Å². The van der Waals surface area contributed by atoms with Gasteiger partial charge in [-0.15, -0.1) is 12.4 Å². The topological polar surface area (TPSA) is 84.3 Å². The minimum atomic E-state index is -0.429. The van der Waals surface area contributed by atoms with E-state index in [0.29, 0.717) is 13.0 Å². The van der Waals surface area contributed by atoms with Gasteiger partial charge >= 0.3 is 0 Å². The van der Waals surface area contributed by atoms with E-state index in [1.54, 1.807) is 19.2 Å². The summed E-state index contributed by atoms with van der Waals surface area (Å²) < 4.78 is 0. The van der Waals surface area contributed by atoms with Gasteiger partial charge in [0, 0.05) is 24.6 Å². The number of non-ortho nitro benzene ring substituents is 1. The van der Waals surface area contributed by atoms with Gasteiger partial charge in [0.05, 0.1) is 11.0 Å². The lowest BCUT2D eigenvalue weighted by molar-refractivity contribution is -0.384. The molecule has 21 heavy (non-hydrogen) atoms. The van der Waals surface area contributed by atoms with E-state index in [2.05, 4.69) is 10.6 Å². The average Bonchev–Trinajstić information content (AvgIpc) is 2.44. The third-order valence-electron chi connectivity index (χ3n) is 3.17. The number of nitro groups is 1. The molecule has 1 rings (SSSR count). The van der Waals surface area contributed by atoms with E-state index in [-0.39, 0.29) is 36.0 Å². The Morgan fingerprint density at radius 2 is 2.10 bits per heavy atom. The molecule has 0 aliphatic carbocycles. The third kappa shape index (κ3) is 5.69. The number of hydrogen-bond acceptors (Lipinski definition) is 4. The fourth-order valence-electron chi connectivity index (χ4n) is 1.99. The van der Waals surface area contributed by atoms with Crippen molar-refractivity contribution < 1.29 is 9.72 Å². The Kier molecular flexibility index (Phi) is 8.57. The van der Waals surface area contributed by atoms with Gasteiger partial charge in [0.25, 0.3) is 5.69 Å². The summed E-state index contributed by atoms with van der Waals surface area (Å²) >= 11 is 0. The van der Waals surface area contributed by atoms with Crippen LogP contribution in [0.3, 0.4) is 0 Å². The highest BCUT2D eigenvalue weighted by atomic mass is 35.5.